The summed E-state index contributed by atoms with van der Waals surface area (Å²) in [6.45, 7) is 9.92. The Hall–Kier alpha value is -3.00. The maximum Gasteiger partial charge on any atom is 0.338 e. The van der Waals surface area contributed by atoms with E-state index in [9.17, 15) is 35.1 Å². The van der Waals surface area contributed by atoms with Gasteiger partial charge in [-0.1, -0.05) is 75.8 Å². The zero-order valence-electron chi connectivity index (χ0n) is 27.7. The summed E-state index contributed by atoms with van der Waals surface area (Å²) in [5.74, 6) is -7.38. The maximum absolute atomic E-state index is 13.8. The van der Waals surface area contributed by atoms with Crippen molar-refractivity contribution in [3.8, 4) is 0 Å². The van der Waals surface area contributed by atoms with Crippen molar-refractivity contribution in [3.05, 3.63) is 84.0 Å². The van der Waals surface area contributed by atoms with E-state index in [1.807, 2.05) is 12.2 Å². The smallest absolute Gasteiger partial charge is 0.338 e. The molecule has 6 rings (SSSR count). The van der Waals surface area contributed by atoms with Crippen LogP contribution in [0.3, 0.4) is 0 Å². The average molecular weight is 667 g/mol. The number of ether oxygens (including phenoxy) is 4. The van der Waals surface area contributed by atoms with Crippen molar-refractivity contribution >= 4 is 11.8 Å². The van der Waals surface area contributed by atoms with Gasteiger partial charge in [-0.3, -0.25) is 4.79 Å². The van der Waals surface area contributed by atoms with Crippen LogP contribution in [0.25, 0.3) is 0 Å². The van der Waals surface area contributed by atoms with E-state index in [-0.39, 0.29) is 11.1 Å². The summed E-state index contributed by atoms with van der Waals surface area (Å²) in [4.78, 5) is 27.5. The highest BCUT2D eigenvalue weighted by Gasteiger charge is 2.86. The normalized spacial score (nSPS) is 44.5. The topological polar surface area (TPSA) is 172 Å². The predicted octanol–water partition coefficient (Wildman–Crippen LogP) is 2.66. The monoisotopic (exact) mass is 666 g/mol. The van der Waals surface area contributed by atoms with Gasteiger partial charge in [0.2, 0.25) is 0 Å². The van der Waals surface area contributed by atoms with Crippen LogP contribution in [0.15, 0.2) is 78.4 Å². The number of rotatable bonds is 10. The molecule has 1 aromatic carbocycles. The molecule has 2 heterocycles. The van der Waals surface area contributed by atoms with Crippen molar-refractivity contribution in [1.82, 2.24) is 0 Å². The molecule has 2 aliphatic heterocycles. The van der Waals surface area contributed by atoms with Crippen molar-refractivity contribution in [1.29, 1.82) is 0 Å². The first-order chi connectivity index (χ1) is 22.7. The lowest BCUT2D eigenvalue weighted by molar-refractivity contribution is -0.412. The second-order valence-electron chi connectivity index (χ2n) is 14.0. The first-order valence-electron chi connectivity index (χ1n) is 16.7. The van der Waals surface area contributed by atoms with Crippen LogP contribution in [0.5, 0.6) is 0 Å². The lowest BCUT2D eigenvalue weighted by Crippen LogP contribution is -2.77. The number of carbonyl (C=O) groups excluding carboxylic acids is 2. The molecule has 48 heavy (non-hydrogen) atoms. The van der Waals surface area contributed by atoms with Gasteiger partial charge < -0.3 is 44.5 Å². The number of hydrogen-bond acceptors (Lipinski definition) is 11. The highest BCUT2D eigenvalue weighted by Crippen LogP contribution is 2.70. The highest BCUT2D eigenvalue weighted by atomic mass is 16.9. The Morgan fingerprint density at radius 2 is 1.81 bits per heavy atom. The Bertz CT molecular complexity index is 1550. The predicted molar refractivity (Wildman–Crippen MR) is 172 cm³/mol. The van der Waals surface area contributed by atoms with Gasteiger partial charge in [-0.15, -0.1) is 0 Å². The van der Waals surface area contributed by atoms with Gasteiger partial charge in [0.05, 0.1) is 23.9 Å². The van der Waals surface area contributed by atoms with E-state index < -0.39 is 88.9 Å². The minimum absolute atomic E-state index is 0.0797. The number of aliphatic hydroxyl groups is 5. The van der Waals surface area contributed by atoms with Crippen LogP contribution < -0.4 is 0 Å². The van der Waals surface area contributed by atoms with E-state index in [1.54, 1.807) is 50.3 Å². The first-order valence-corrected chi connectivity index (χ1v) is 16.7. The summed E-state index contributed by atoms with van der Waals surface area (Å²) in [7, 11) is 0. The molecule has 0 unspecified atom stereocenters. The lowest BCUT2D eigenvalue weighted by atomic mass is 9.52. The van der Waals surface area contributed by atoms with Crippen LogP contribution in [0, 0.1) is 17.8 Å². The Morgan fingerprint density at radius 3 is 2.46 bits per heavy atom. The Balaban J connectivity index is 1.58. The molecule has 12 atom stereocenters. The molecule has 4 fully saturated rings. The summed E-state index contributed by atoms with van der Waals surface area (Å²) < 4.78 is 26.5. The lowest BCUT2D eigenvalue weighted by Gasteiger charge is -2.61. The molecule has 5 aliphatic rings. The second kappa shape index (κ2) is 12.1. The van der Waals surface area contributed by atoms with Gasteiger partial charge in [-0.25, -0.2) is 4.79 Å². The molecule has 5 N–H and O–H groups in total. The third-order valence-corrected chi connectivity index (χ3v) is 11.3. The number of fused-ring (bicyclic) bond motifs is 2. The minimum atomic E-state index is -2.81. The minimum Gasteiger partial charge on any atom is -0.455 e. The SMILES string of the molecule is C=C(C)[C@@]12O[C@@]3(/C=C/C=C/CCCCC)O[C@@H]1[C@@H]1[C@H](O)[C@@](O)(CO)[C@@H](O)[C@]4(O)C(=O)C(C)=C[C@H]4[C@@]1(O3)[C@H](C)[C@H]2OC(=O)c1ccccc1. The zero-order chi connectivity index (χ0) is 34.9. The van der Waals surface area contributed by atoms with E-state index in [0.717, 1.165) is 25.7 Å². The second-order valence-corrected chi connectivity index (χ2v) is 14.0. The van der Waals surface area contributed by atoms with Gasteiger partial charge in [-0.2, -0.15) is 0 Å². The van der Waals surface area contributed by atoms with E-state index in [1.165, 1.54) is 19.1 Å². The summed E-state index contributed by atoms with van der Waals surface area (Å²) in [6.07, 6.45) is 5.61. The van der Waals surface area contributed by atoms with Crippen LogP contribution in [0.1, 0.15) is 63.7 Å². The number of aliphatic hydroxyl groups excluding tert-OH is 3. The molecule has 2 saturated heterocycles. The maximum atomic E-state index is 13.8. The number of hydrogen-bond donors (Lipinski definition) is 5. The van der Waals surface area contributed by atoms with Crippen molar-refractivity contribution < 1.29 is 54.1 Å². The highest BCUT2D eigenvalue weighted by molar-refractivity contribution is 6.05. The molecular formula is C37H46O11. The molecule has 3 bridgehead atoms. The third-order valence-electron chi connectivity index (χ3n) is 11.3. The number of benzene rings is 1. The fourth-order valence-electron chi connectivity index (χ4n) is 8.91. The number of ketones is 1. The van der Waals surface area contributed by atoms with Gasteiger partial charge in [0.1, 0.15) is 23.9 Å². The van der Waals surface area contributed by atoms with Crippen molar-refractivity contribution in [2.75, 3.05) is 6.61 Å². The molecule has 1 aromatic rings. The molecule has 2 saturated carbocycles. The molecule has 260 valence electrons. The fraction of sp³-hybridized carbons (Fsp3) is 0.568. The number of Topliss-reactive ketones (excluding diaryl/α,β-unsaturated/α-hetero) is 1. The zero-order valence-corrected chi connectivity index (χ0v) is 27.7. The molecule has 11 heteroatoms. The molecule has 3 aliphatic carbocycles. The molecular weight excluding hydrogens is 620 g/mol. The Labute approximate surface area is 280 Å². The van der Waals surface area contributed by atoms with Crippen LogP contribution >= 0.6 is 0 Å². The van der Waals surface area contributed by atoms with Gasteiger partial charge >= 0.3 is 11.9 Å². The summed E-state index contributed by atoms with van der Waals surface area (Å²) in [5, 5.41) is 58.4. The van der Waals surface area contributed by atoms with E-state index in [0.29, 0.717) is 5.57 Å². The number of esters is 1. The first kappa shape index (κ1) is 34.8. The number of carbonyl (C=O) groups is 2. The fourth-order valence-corrected chi connectivity index (χ4v) is 8.91. The van der Waals surface area contributed by atoms with Crippen molar-refractivity contribution in [2.24, 2.45) is 17.8 Å². The Kier molecular flexibility index (Phi) is 8.78. The molecule has 0 aromatic heterocycles. The number of unbranched alkanes of at least 4 members (excludes halogenated alkanes) is 3. The van der Waals surface area contributed by atoms with E-state index in [2.05, 4.69) is 13.5 Å². The van der Waals surface area contributed by atoms with Crippen molar-refractivity contribution in [3.63, 3.8) is 0 Å². The van der Waals surface area contributed by atoms with Crippen LogP contribution in [-0.4, -0.2) is 96.7 Å². The quantitative estimate of drug-likeness (QED) is 0.108. The van der Waals surface area contributed by atoms with Gasteiger partial charge in [0.25, 0.3) is 0 Å². The van der Waals surface area contributed by atoms with Gasteiger partial charge in [0, 0.05) is 23.8 Å². The van der Waals surface area contributed by atoms with Crippen molar-refractivity contribution in [2.45, 2.75) is 106 Å². The molecule has 0 spiro atoms. The van der Waals surface area contributed by atoms with E-state index >= 15 is 0 Å². The van der Waals surface area contributed by atoms with Crippen LogP contribution in [0.2, 0.25) is 0 Å². The van der Waals surface area contributed by atoms with Gasteiger partial charge in [0.15, 0.2) is 17.0 Å². The van der Waals surface area contributed by atoms with E-state index in [4.69, 9.17) is 18.9 Å². The standard InChI is InChI=1S/C37H46O11/c1-6-7-8-9-10-11-15-18-34-46-30-26-28(40)33(43,20-38)32(42)35(44)25(19-22(4)27(35)39)37(26,48-34)23(5)29(36(30,47-34)21(2)3)45-31(41)24-16-13-12-14-17-24/h10-19,23,25-26,28-30,32,38,40,42-44H,2,6-9,20H2,1,3-5H3/b11-10+,18-15+/t23-,25-,26+,28+,29-,30-,32-,33+,34-,35-,36+,37+/m1/s1. The molecule has 0 radical (unpaired) electrons. The van der Waals surface area contributed by atoms with Crippen LogP contribution in [0.4, 0.5) is 0 Å². The summed E-state index contributed by atoms with van der Waals surface area (Å²) >= 11 is 0. The average Bonchev–Trinajstić information content (AvgIpc) is 3.45. The van der Waals surface area contributed by atoms with Crippen LogP contribution in [-0.2, 0) is 23.7 Å². The Morgan fingerprint density at radius 1 is 1.10 bits per heavy atom. The van der Waals surface area contributed by atoms with Gasteiger partial charge in [-0.05, 0) is 50.0 Å². The largest absolute Gasteiger partial charge is 0.455 e. The number of allylic oxidation sites excluding steroid dienone is 3. The summed E-state index contributed by atoms with van der Waals surface area (Å²) in [6, 6.07) is 8.32. The molecule has 0 amide bonds. The third kappa shape index (κ3) is 4.56. The summed E-state index contributed by atoms with van der Waals surface area (Å²) in [5.41, 5.74) is -8.48. The molecule has 11 nitrogen and oxygen atoms in total.